The molecule has 3 N–H and O–H groups in total. The minimum Gasteiger partial charge on any atom is -0.393 e. The zero-order valence-electron chi connectivity index (χ0n) is 14.1. The summed E-state index contributed by atoms with van der Waals surface area (Å²) in [4.78, 5) is 12.6. The van der Waals surface area contributed by atoms with Crippen LogP contribution in [0.3, 0.4) is 0 Å². The van der Waals surface area contributed by atoms with E-state index in [1.807, 2.05) is 0 Å². The third kappa shape index (κ3) is 1.84. The second-order valence-corrected chi connectivity index (χ2v) is 9.25. The molecule has 0 radical (unpaired) electrons. The summed E-state index contributed by atoms with van der Waals surface area (Å²) in [7, 11) is 0. The van der Waals surface area contributed by atoms with Gasteiger partial charge in [0.15, 0.2) is 5.78 Å². The van der Waals surface area contributed by atoms with Crippen LogP contribution < -0.4 is 5.73 Å². The van der Waals surface area contributed by atoms with Gasteiger partial charge in [-0.25, -0.2) is 0 Å². The summed E-state index contributed by atoms with van der Waals surface area (Å²) < 4.78 is 0. The molecule has 0 spiro atoms. The van der Waals surface area contributed by atoms with Crippen LogP contribution in [0.15, 0.2) is 0 Å². The van der Waals surface area contributed by atoms with E-state index in [1.165, 1.54) is 25.7 Å². The van der Waals surface area contributed by atoms with Crippen molar-refractivity contribution in [1.29, 1.82) is 0 Å². The maximum absolute atomic E-state index is 12.6. The summed E-state index contributed by atoms with van der Waals surface area (Å²) in [6, 6.07) is -0.215. The lowest BCUT2D eigenvalue weighted by Gasteiger charge is -2.60. The Bertz CT molecular complexity index is 492. The van der Waals surface area contributed by atoms with Crippen molar-refractivity contribution in [2.75, 3.05) is 0 Å². The molecule has 0 aliphatic heterocycles. The van der Waals surface area contributed by atoms with Gasteiger partial charge in [0.1, 0.15) is 0 Å². The van der Waals surface area contributed by atoms with Gasteiger partial charge in [0, 0.05) is 5.41 Å². The third-order valence-electron chi connectivity index (χ3n) is 8.44. The van der Waals surface area contributed by atoms with E-state index in [2.05, 4.69) is 13.8 Å². The highest BCUT2D eigenvalue weighted by Crippen LogP contribution is 2.65. The minimum absolute atomic E-state index is 0.0787. The number of aliphatic hydroxyl groups excluding tert-OH is 1. The first-order valence-electron chi connectivity index (χ1n) is 9.34. The number of Topliss-reactive ketones (excluding diaryl/α,β-unsaturated/α-hetero) is 1. The number of nitrogens with two attached hydrogens (primary N) is 1. The van der Waals surface area contributed by atoms with Gasteiger partial charge in [0.25, 0.3) is 0 Å². The number of hydrogen-bond acceptors (Lipinski definition) is 3. The smallest absolute Gasteiger partial charge is 0.155 e. The van der Waals surface area contributed by atoms with Crippen LogP contribution in [-0.2, 0) is 4.79 Å². The number of ketones is 1. The summed E-state index contributed by atoms with van der Waals surface area (Å²) in [5.74, 6) is 2.97. The van der Waals surface area contributed by atoms with Gasteiger partial charge in [-0.05, 0) is 80.5 Å². The second kappa shape index (κ2) is 4.80. The SMILES string of the molecule is CC12CCC3C(CCC4CC(O)CCC43C)C1CC(N)C2=O. The minimum atomic E-state index is -0.215. The van der Waals surface area contributed by atoms with E-state index in [1.54, 1.807) is 0 Å². The van der Waals surface area contributed by atoms with Crippen molar-refractivity contribution in [2.45, 2.75) is 77.4 Å². The van der Waals surface area contributed by atoms with Crippen LogP contribution in [0.25, 0.3) is 0 Å². The van der Waals surface area contributed by atoms with E-state index in [4.69, 9.17) is 5.73 Å². The molecule has 0 saturated heterocycles. The summed E-state index contributed by atoms with van der Waals surface area (Å²) in [6.45, 7) is 4.68. The highest BCUT2D eigenvalue weighted by molar-refractivity contribution is 5.92. The van der Waals surface area contributed by atoms with Gasteiger partial charge < -0.3 is 10.8 Å². The molecule has 22 heavy (non-hydrogen) atoms. The molecule has 3 nitrogen and oxygen atoms in total. The van der Waals surface area contributed by atoms with Gasteiger partial charge in [-0.2, -0.15) is 0 Å². The average Bonchev–Trinajstić information content (AvgIpc) is 2.72. The highest BCUT2D eigenvalue weighted by atomic mass is 16.3. The van der Waals surface area contributed by atoms with Crippen LogP contribution in [0, 0.1) is 34.5 Å². The Labute approximate surface area is 134 Å². The number of aliphatic hydroxyl groups is 1. The van der Waals surface area contributed by atoms with E-state index < -0.39 is 0 Å². The molecule has 8 atom stereocenters. The Morgan fingerprint density at radius 1 is 1.05 bits per heavy atom. The topological polar surface area (TPSA) is 63.3 Å². The van der Waals surface area contributed by atoms with Crippen molar-refractivity contribution in [1.82, 2.24) is 0 Å². The van der Waals surface area contributed by atoms with Crippen molar-refractivity contribution < 1.29 is 9.90 Å². The number of rotatable bonds is 0. The monoisotopic (exact) mass is 305 g/mol. The first-order valence-corrected chi connectivity index (χ1v) is 9.34. The van der Waals surface area contributed by atoms with Gasteiger partial charge in [-0.3, -0.25) is 4.79 Å². The molecule has 0 bridgehead atoms. The standard InChI is InChI=1S/C19H31NO2/c1-18-7-5-12(21)9-11(18)3-4-13-14(18)6-8-19(2)15(13)10-16(20)17(19)22/h11-16,21H,3-10,20H2,1-2H3. The van der Waals surface area contributed by atoms with E-state index in [9.17, 15) is 9.90 Å². The van der Waals surface area contributed by atoms with E-state index in [0.717, 1.165) is 31.6 Å². The molecule has 3 heteroatoms. The Balaban J connectivity index is 1.64. The third-order valence-corrected chi connectivity index (χ3v) is 8.44. The van der Waals surface area contributed by atoms with Crippen molar-refractivity contribution >= 4 is 5.78 Å². The van der Waals surface area contributed by atoms with Gasteiger partial charge in [0.2, 0.25) is 0 Å². The van der Waals surface area contributed by atoms with Crippen LogP contribution in [0.1, 0.15) is 65.2 Å². The van der Waals surface area contributed by atoms with Crippen LogP contribution in [0.5, 0.6) is 0 Å². The lowest BCUT2D eigenvalue weighted by atomic mass is 9.45. The van der Waals surface area contributed by atoms with Crippen LogP contribution in [-0.4, -0.2) is 23.0 Å². The normalized spacial score (nSPS) is 57.9. The fraction of sp³-hybridized carbons (Fsp3) is 0.947. The summed E-state index contributed by atoms with van der Waals surface area (Å²) in [5, 5.41) is 10.1. The Morgan fingerprint density at radius 2 is 1.82 bits per heavy atom. The molecule has 0 aromatic carbocycles. The lowest BCUT2D eigenvalue weighted by molar-refractivity contribution is -0.142. The van der Waals surface area contributed by atoms with Crippen LogP contribution >= 0.6 is 0 Å². The van der Waals surface area contributed by atoms with Crippen molar-refractivity contribution in [3.63, 3.8) is 0 Å². The molecule has 8 unspecified atom stereocenters. The van der Waals surface area contributed by atoms with E-state index in [0.29, 0.717) is 29.0 Å². The molecule has 4 aliphatic carbocycles. The largest absolute Gasteiger partial charge is 0.393 e. The fourth-order valence-corrected chi connectivity index (χ4v) is 7.10. The summed E-state index contributed by atoms with van der Waals surface area (Å²) in [5.41, 5.74) is 6.39. The van der Waals surface area contributed by atoms with E-state index >= 15 is 0 Å². The molecule has 4 saturated carbocycles. The fourth-order valence-electron chi connectivity index (χ4n) is 7.10. The zero-order valence-corrected chi connectivity index (χ0v) is 14.1. The van der Waals surface area contributed by atoms with Gasteiger partial charge in [-0.1, -0.05) is 13.8 Å². The second-order valence-electron chi connectivity index (χ2n) is 9.25. The molecular weight excluding hydrogens is 274 g/mol. The Kier molecular flexibility index (Phi) is 3.30. The quantitative estimate of drug-likeness (QED) is 0.723. The summed E-state index contributed by atoms with van der Waals surface area (Å²) in [6.07, 6.45) is 8.70. The molecule has 0 aromatic rings. The Hall–Kier alpha value is -0.410. The zero-order chi connectivity index (χ0) is 15.7. The lowest BCUT2D eigenvalue weighted by Crippen LogP contribution is -2.54. The van der Waals surface area contributed by atoms with Gasteiger partial charge >= 0.3 is 0 Å². The molecule has 4 rings (SSSR count). The number of carbonyl (C=O) groups is 1. The molecule has 0 heterocycles. The molecule has 0 aromatic heterocycles. The van der Waals surface area contributed by atoms with Gasteiger partial charge in [-0.15, -0.1) is 0 Å². The number of fused-ring (bicyclic) bond motifs is 5. The first-order chi connectivity index (χ1) is 10.4. The number of carbonyl (C=O) groups excluding carboxylic acids is 1. The summed E-state index contributed by atoms with van der Waals surface area (Å²) >= 11 is 0. The van der Waals surface area contributed by atoms with Gasteiger partial charge in [0.05, 0.1) is 12.1 Å². The average molecular weight is 305 g/mol. The first kappa shape index (κ1) is 15.1. The van der Waals surface area contributed by atoms with Crippen molar-refractivity contribution in [2.24, 2.45) is 40.2 Å². The molecule has 4 fully saturated rings. The van der Waals surface area contributed by atoms with Crippen molar-refractivity contribution in [3.05, 3.63) is 0 Å². The molecule has 0 amide bonds. The maximum Gasteiger partial charge on any atom is 0.155 e. The predicted molar refractivity (Wildman–Crippen MR) is 86.1 cm³/mol. The molecule has 124 valence electrons. The maximum atomic E-state index is 12.6. The highest BCUT2D eigenvalue weighted by Gasteiger charge is 2.61. The van der Waals surface area contributed by atoms with Crippen molar-refractivity contribution in [3.8, 4) is 0 Å². The predicted octanol–water partition coefficient (Wildman–Crippen LogP) is 2.90. The van der Waals surface area contributed by atoms with E-state index in [-0.39, 0.29) is 17.6 Å². The molecular formula is C19H31NO2. The Morgan fingerprint density at radius 3 is 2.59 bits per heavy atom. The number of hydrogen-bond donors (Lipinski definition) is 2. The van der Waals surface area contributed by atoms with Crippen LogP contribution in [0.2, 0.25) is 0 Å². The molecule has 4 aliphatic rings. The van der Waals surface area contributed by atoms with Crippen LogP contribution in [0.4, 0.5) is 0 Å².